The number of rotatable bonds is 4. The SMILES string of the molecule is Cc1cccc(N=Cc2ncncn2)c1O[SiH](C)C. The smallest absolute Gasteiger partial charge is 0.229 e. The van der Waals surface area contributed by atoms with Crippen LogP contribution in [0.3, 0.4) is 0 Å². The highest BCUT2D eigenvalue weighted by Gasteiger charge is 2.08. The third kappa shape index (κ3) is 3.69. The fourth-order valence-electron chi connectivity index (χ4n) is 1.57. The van der Waals surface area contributed by atoms with E-state index in [1.54, 1.807) is 6.21 Å². The van der Waals surface area contributed by atoms with Crippen LogP contribution < -0.4 is 4.43 Å². The summed E-state index contributed by atoms with van der Waals surface area (Å²) in [5.74, 6) is 1.39. The number of para-hydroxylation sites is 1. The second kappa shape index (κ2) is 6.19. The first-order chi connectivity index (χ1) is 9.16. The molecule has 5 nitrogen and oxygen atoms in total. The minimum Gasteiger partial charge on any atom is -0.545 e. The van der Waals surface area contributed by atoms with E-state index in [1.165, 1.54) is 12.7 Å². The van der Waals surface area contributed by atoms with Gasteiger partial charge in [-0.2, -0.15) is 0 Å². The molecule has 0 aliphatic carbocycles. The van der Waals surface area contributed by atoms with Gasteiger partial charge in [0.1, 0.15) is 24.1 Å². The Hall–Kier alpha value is -2.08. The van der Waals surface area contributed by atoms with Crippen molar-refractivity contribution in [2.24, 2.45) is 4.99 Å². The van der Waals surface area contributed by atoms with Crippen molar-refractivity contribution in [1.29, 1.82) is 0 Å². The Morgan fingerprint density at radius 2 is 1.95 bits per heavy atom. The highest BCUT2D eigenvalue weighted by Crippen LogP contribution is 2.31. The number of hydrogen-bond acceptors (Lipinski definition) is 5. The highest BCUT2D eigenvalue weighted by molar-refractivity contribution is 6.49. The summed E-state index contributed by atoms with van der Waals surface area (Å²) in [6.07, 6.45) is 4.51. The van der Waals surface area contributed by atoms with Crippen LogP contribution in [-0.2, 0) is 0 Å². The molecule has 1 heterocycles. The van der Waals surface area contributed by atoms with Crippen LogP contribution in [0.5, 0.6) is 5.75 Å². The Morgan fingerprint density at radius 1 is 1.21 bits per heavy atom. The van der Waals surface area contributed by atoms with E-state index in [0.717, 1.165) is 17.0 Å². The zero-order valence-corrected chi connectivity index (χ0v) is 12.4. The third-order valence-corrected chi connectivity index (χ3v) is 3.08. The van der Waals surface area contributed by atoms with Gasteiger partial charge in [0.15, 0.2) is 5.82 Å². The zero-order chi connectivity index (χ0) is 13.7. The quantitative estimate of drug-likeness (QED) is 0.633. The lowest BCUT2D eigenvalue weighted by atomic mass is 10.2. The fourth-order valence-corrected chi connectivity index (χ4v) is 2.35. The largest absolute Gasteiger partial charge is 0.545 e. The van der Waals surface area contributed by atoms with Gasteiger partial charge in [0, 0.05) is 0 Å². The van der Waals surface area contributed by atoms with Crippen LogP contribution in [0, 0.1) is 6.92 Å². The Morgan fingerprint density at radius 3 is 2.63 bits per heavy atom. The highest BCUT2D eigenvalue weighted by atomic mass is 28.3. The summed E-state index contributed by atoms with van der Waals surface area (Å²) in [5.41, 5.74) is 1.90. The lowest BCUT2D eigenvalue weighted by Crippen LogP contribution is -2.12. The molecule has 0 aliphatic heterocycles. The summed E-state index contributed by atoms with van der Waals surface area (Å²) in [7, 11) is -1.17. The van der Waals surface area contributed by atoms with Gasteiger partial charge in [0.25, 0.3) is 0 Å². The van der Waals surface area contributed by atoms with E-state index in [1.807, 2.05) is 25.1 Å². The summed E-state index contributed by atoms with van der Waals surface area (Å²) in [4.78, 5) is 16.2. The maximum Gasteiger partial charge on any atom is 0.229 e. The van der Waals surface area contributed by atoms with Crippen molar-refractivity contribution >= 4 is 20.9 Å². The lowest BCUT2D eigenvalue weighted by Gasteiger charge is -2.14. The first kappa shape index (κ1) is 13.4. The molecule has 0 aliphatic rings. The van der Waals surface area contributed by atoms with Gasteiger partial charge < -0.3 is 4.43 Å². The van der Waals surface area contributed by atoms with Crippen molar-refractivity contribution in [3.63, 3.8) is 0 Å². The van der Waals surface area contributed by atoms with E-state index in [2.05, 4.69) is 33.0 Å². The second-order valence-corrected chi connectivity index (χ2v) is 6.68. The monoisotopic (exact) mass is 272 g/mol. The van der Waals surface area contributed by atoms with E-state index >= 15 is 0 Å². The Kier molecular flexibility index (Phi) is 4.35. The molecule has 0 saturated heterocycles. The van der Waals surface area contributed by atoms with E-state index in [4.69, 9.17) is 4.43 Å². The number of benzene rings is 1. The van der Waals surface area contributed by atoms with Crippen LogP contribution in [0.1, 0.15) is 11.4 Å². The van der Waals surface area contributed by atoms with Crippen molar-refractivity contribution in [3.8, 4) is 5.75 Å². The second-order valence-electron chi connectivity index (χ2n) is 4.34. The minimum atomic E-state index is -1.17. The number of aliphatic imine (C=N–C) groups is 1. The summed E-state index contributed by atoms with van der Waals surface area (Å²) in [6.45, 7) is 6.28. The van der Waals surface area contributed by atoms with Crippen molar-refractivity contribution in [1.82, 2.24) is 15.0 Å². The van der Waals surface area contributed by atoms with Crippen molar-refractivity contribution in [2.75, 3.05) is 0 Å². The molecular weight excluding hydrogens is 256 g/mol. The van der Waals surface area contributed by atoms with E-state index < -0.39 is 9.04 Å². The van der Waals surface area contributed by atoms with Gasteiger partial charge in [-0.15, -0.1) is 0 Å². The van der Waals surface area contributed by atoms with Crippen LogP contribution in [0.25, 0.3) is 0 Å². The van der Waals surface area contributed by atoms with Crippen LogP contribution in [0.2, 0.25) is 13.1 Å². The molecule has 0 fully saturated rings. The van der Waals surface area contributed by atoms with Gasteiger partial charge in [-0.05, 0) is 31.6 Å². The molecule has 0 bridgehead atoms. The van der Waals surface area contributed by atoms with E-state index in [-0.39, 0.29) is 0 Å². The number of hydrogen-bond donors (Lipinski definition) is 0. The van der Waals surface area contributed by atoms with Crippen molar-refractivity contribution in [3.05, 3.63) is 42.2 Å². The van der Waals surface area contributed by atoms with Crippen LogP contribution in [0.4, 0.5) is 5.69 Å². The van der Waals surface area contributed by atoms with E-state index in [9.17, 15) is 0 Å². The summed E-state index contributed by atoms with van der Waals surface area (Å²) >= 11 is 0. The topological polar surface area (TPSA) is 60.3 Å². The Labute approximate surface area is 114 Å². The molecule has 1 aromatic carbocycles. The average molecular weight is 272 g/mol. The van der Waals surface area contributed by atoms with E-state index in [0.29, 0.717) is 5.82 Å². The molecule has 0 saturated carbocycles. The maximum absolute atomic E-state index is 5.94. The standard InChI is InChI=1S/C13H16N4OSi/c1-10-5-4-6-11(13(10)18-19(2)3)15-7-12-16-8-14-9-17-12/h4-9,19H,1-3H3. The number of nitrogens with zero attached hydrogens (tertiary/aromatic N) is 4. The molecule has 0 spiro atoms. The first-order valence-electron chi connectivity index (χ1n) is 6.09. The molecule has 0 N–H and O–H groups in total. The van der Waals surface area contributed by atoms with Gasteiger partial charge >= 0.3 is 0 Å². The predicted octanol–water partition coefficient (Wildman–Crippen LogP) is 2.29. The third-order valence-electron chi connectivity index (χ3n) is 2.38. The molecular formula is C13H16N4OSi. The summed E-state index contributed by atoms with van der Waals surface area (Å²) in [6, 6.07) is 5.91. The van der Waals surface area contributed by atoms with Crippen LogP contribution in [0.15, 0.2) is 35.8 Å². The molecule has 19 heavy (non-hydrogen) atoms. The van der Waals surface area contributed by atoms with Crippen molar-refractivity contribution in [2.45, 2.75) is 20.0 Å². The van der Waals surface area contributed by atoms with Gasteiger partial charge in [-0.3, -0.25) is 0 Å². The molecule has 1 aromatic heterocycles. The molecule has 0 atom stereocenters. The van der Waals surface area contributed by atoms with Crippen LogP contribution in [-0.4, -0.2) is 30.2 Å². The normalized spacial score (nSPS) is 11.2. The number of aromatic nitrogens is 3. The van der Waals surface area contributed by atoms with Gasteiger partial charge in [0.05, 0.1) is 6.21 Å². The summed E-state index contributed by atoms with van der Waals surface area (Å²) < 4.78 is 5.94. The predicted molar refractivity (Wildman–Crippen MR) is 77.8 cm³/mol. The maximum atomic E-state index is 5.94. The molecule has 0 radical (unpaired) electrons. The van der Waals surface area contributed by atoms with Crippen molar-refractivity contribution < 1.29 is 4.43 Å². The zero-order valence-electron chi connectivity index (χ0n) is 11.2. The summed E-state index contributed by atoms with van der Waals surface area (Å²) in [5, 5.41) is 0. The molecule has 2 rings (SSSR count). The minimum absolute atomic E-state index is 0.532. The average Bonchev–Trinajstić information content (AvgIpc) is 2.40. The van der Waals surface area contributed by atoms with Gasteiger partial charge in [-0.1, -0.05) is 12.1 Å². The number of aryl methyl sites for hydroxylation is 1. The fraction of sp³-hybridized carbons (Fsp3) is 0.231. The molecule has 0 amide bonds. The Balaban J connectivity index is 2.29. The van der Waals surface area contributed by atoms with Crippen LogP contribution >= 0.6 is 0 Å². The van der Waals surface area contributed by atoms with Gasteiger partial charge in [-0.25, -0.2) is 19.9 Å². The molecule has 98 valence electrons. The molecule has 0 unspecified atom stereocenters. The lowest BCUT2D eigenvalue weighted by molar-refractivity contribution is 0.577. The molecule has 6 heteroatoms. The Bertz CT molecular complexity index is 572. The van der Waals surface area contributed by atoms with Gasteiger partial charge in [0.2, 0.25) is 9.04 Å². The first-order valence-corrected chi connectivity index (χ1v) is 8.87. The molecule has 2 aromatic rings.